The summed E-state index contributed by atoms with van der Waals surface area (Å²) < 4.78 is 4.96. The average molecular weight is 197 g/mol. The summed E-state index contributed by atoms with van der Waals surface area (Å²) in [5.74, 6) is 0.550. The SMILES string of the molecule is NC(c1ccno1)C1(O)CCNCC1. The van der Waals surface area contributed by atoms with Gasteiger partial charge in [0.25, 0.3) is 0 Å². The van der Waals surface area contributed by atoms with Crippen molar-refractivity contribution in [3.05, 3.63) is 18.0 Å². The molecule has 0 amide bonds. The van der Waals surface area contributed by atoms with E-state index < -0.39 is 11.6 Å². The number of aliphatic hydroxyl groups is 1. The van der Waals surface area contributed by atoms with Crippen molar-refractivity contribution in [3.8, 4) is 0 Å². The second-order valence-electron chi connectivity index (χ2n) is 3.75. The van der Waals surface area contributed by atoms with E-state index in [0.29, 0.717) is 18.6 Å². The van der Waals surface area contributed by atoms with Crippen LogP contribution >= 0.6 is 0 Å². The lowest BCUT2D eigenvalue weighted by Gasteiger charge is -2.36. The van der Waals surface area contributed by atoms with E-state index in [1.54, 1.807) is 12.3 Å². The van der Waals surface area contributed by atoms with Gasteiger partial charge in [0.2, 0.25) is 0 Å². The molecule has 1 aliphatic rings. The molecule has 0 spiro atoms. The predicted octanol–water partition coefficient (Wildman–Crippen LogP) is -0.211. The lowest BCUT2D eigenvalue weighted by molar-refractivity contribution is -0.0210. The summed E-state index contributed by atoms with van der Waals surface area (Å²) in [4.78, 5) is 0. The maximum atomic E-state index is 10.3. The van der Waals surface area contributed by atoms with Gasteiger partial charge in [-0.25, -0.2) is 0 Å². The molecule has 1 saturated heterocycles. The van der Waals surface area contributed by atoms with Gasteiger partial charge in [-0.3, -0.25) is 0 Å². The van der Waals surface area contributed by atoms with Crippen molar-refractivity contribution in [1.82, 2.24) is 10.5 Å². The van der Waals surface area contributed by atoms with E-state index in [1.165, 1.54) is 0 Å². The molecule has 0 saturated carbocycles. The van der Waals surface area contributed by atoms with E-state index in [9.17, 15) is 5.11 Å². The summed E-state index contributed by atoms with van der Waals surface area (Å²) in [6.07, 6.45) is 2.84. The van der Waals surface area contributed by atoms with Crippen LogP contribution in [0.4, 0.5) is 0 Å². The zero-order valence-corrected chi connectivity index (χ0v) is 7.94. The lowest BCUT2D eigenvalue weighted by atomic mass is 9.84. The number of piperidine rings is 1. The van der Waals surface area contributed by atoms with Crippen LogP contribution in [0.2, 0.25) is 0 Å². The summed E-state index contributed by atoms with van der Waals surface area (Å²) in [6, 6.07) is 1.22. The van der Waals surface area contributed by atoms with Crippen LogP contribution in [0.15, 0.2) is 16.8 Å². The molecule has 5 heteroatoms. The number of rotatable bonds is 2. The minimum atomic E-state index is -0.856. The smallest absolute Gasteiger partial charge is 0.156 e. The summed E-state index contributed by atoms with van der Waals surface area (Å²) in [5, 5.41) is 17.0. The highest BCUT2D eigenvalue weighted by molar-refractivity contribution is 5.08. The molecule has 2 rings (SSSR count). The molecule has 1 atom stereocenters. The fraction of sp³-hybridized carbons (Fsp3) is 0.667. The molecular formula is C9H15N3O2. The first-order valence-electron chi connectivity index (χ1n) is 4.82. The Kier molecular flexibility index (Phi) is 2.54. The Hall–Kier alpha value is -0.910. The predicted molar refractivity (Wildman–Crippen MR) is 50.5 cm³/mol. The monoisotopic (exact) mass is 197 g/mol. The van der Waals surface area contributed by atoms with Gasteiger partial charge >= 0.3 is 0 Å². The van der Waals surface area contributed by atoms with E-state index in [0.717, 1.165) is 13.1 Å². The van der Waals surface area contributed by atoms with Crippen LogP contribution < -0.4 is 11.1 Å². The summed E-state index contributed by atoms with van der Waals surface area (Å²) in [7, 11) is 0. The molecule has 0 radical (unpaired) electrons. The van der Waals surface area contributed by atoms with E-state index in [2.05, 4.69) is 10.5 Å². The molecule has 1 fully saturated rings. The van der Waals surface area contributed by atoms with Crippen LogP contribution in [0.25, 0.3) is 0 Å². The van der Waals surface area contributed by atoms with Gasteiger partial charge in [-0.1, -0.05) is 5.16 Å². The number of hydrogen-bond acceptors (Lipinski definition) is 5. The number of nitrogens with one attached hydrogen (secondary N) is 1. The summed E-state index contributed by atoms with van der Waals surface area (Å²) in [6.45, 7) is 1.58. The normalized spacial score (nSPS) is 23.3. The van der Waals surface area contributed by atoms with Crippen molar-refractivity contribution < 1.29 is 9.63 Å². The molecular weight excluding hydrogens is 182 g/mol. The van der Waals surface area contributed by atoms with Gasteiger partial charge in [0, 0.05) is 6.07 Å². The first kappa shape index (κ1) is 9.64. The molecule has 0 aromatic carbocycles. The van der Waals surface area contributed by atoms with Crippen LogP contribution in [0, 0.1) is 0 Å². The molecule has 5 nitrogen and oxygen atoms in total. The Bertz CT molecular complexity index is 280. The van der Waals surface area contributed by atoms with E-state index in [1.807, 2.05) is 0 Å². The molecule has 0 aliphatic carbocycles. The highest BCUT2D eigenvalue weighted by Gasteiger charge is 2.38. The van der Waals surface area contributed by atoms with Gasteiger partial charge in [0.1, 0.15) is 0 Å². The first-order chi connectivity index (χ1) is 6.72. The van der Waals surface area contributed by atoms with Gasteiger partial charge in [-0.05, 0) is 25.9 Å². The van der Waals surface area contributed by atoms with Gasteiger partial charge in [0.15, 0.2) is 5.76 Å². The summed E-state index contributed by atoms with van der Waals surface area (Å²) >= 11 is 0. The standard InChI is InChI=1S/C9H15N3O2/c10-8(7-1-4-12-14-7)9(13)2-5-11-6-3-9/h1,4,8,11,13H,2-3,5-6,10H2. The highest BCUT2D eigenvalue weighted by Crippen LogP contribution is 2.30. The fourth-order valence-corrected chi connectivity index (χ4v) is 1.82. The van der Waals surface area contributed by atoms with Gasteiger partial charge < -0.3 is 20.7 Å². The van der Waals surface area contributed by atoms with Crippen molar-refractivity contribution >= 4 is 0 Å². The number of nitrogens with two attached hydrogens (primary N) is 1. The summed E-state index contributed by atoms with van der Waals surface area (Å²) in [5.41, 5.74) is 5.08. The second-order valence-corrected chi connectivity index (χ2v) is 3.75. The zero-order valence-electron chi connectivity index (χ0n) is 7.94. The van der Waals surface area contributed by atoms with Crippen LogP contribution in [0.3, 0.4) is 0 Å². The number of aromatic nitrogens is 1. The third-order valence-electron chi connectivity index (χ3n) is 2.81. The van der Waals surface area contributed by atoms with E-state index in [4.69, 9.17) is 10.3 Å². The molecule has 1 aromatic rings. The van der Waals surface area contributed by atoms with Crippen molar-refractivity contribution in [2.24, 2.45) is 5.73 Å². The van der Waals surface area contributed by atoms with Crippen molar-refractivity contribution in [2.75, 3.05) is 13.1 Å². The molecule has 14 heavy (non-hydrogen) atoms. The topological polar surface area (TPSA) is 84.3 Å². The van der Waals surface area contributed by atoms with Gasteiger partial charge in [-0.2, -0.15) is 0 Å². The third-order valence-corrected chi connectivity index (χ3v) is 2.81. The fourth-order valence-electron chi connectivity index (χ4n) is 1.82. The lowest BCUT2D eigenvalue weighted by Crippen LogP contribution is -2.48. The van der Waals surface area contributed by atoms with E-state index >= 15 is 0 Å². The molecule has 0 bridgehead atoms. The van der Waals surface area contributed by atoms with Crippen LogP contribution in [0.5, 0.6) is 0 Å². The maximum Gasteiger partial charge on any atom is 0.156 e. The molecule has 2 heterocycles. The molecule has 1 aliphatic heterocycles. The van der Waals surface area contributed by atoms with Crippen molar-refractivity contribution in [2.45, 2.75) is 24.5 Å². The van der Waals surface area contributed by atoms with Crippen LogP contribution in [-0.2, 0) is 0 Å². The second kappa shape index (κ2) is 3.68. The quantitative estimate of drug-likeness (QED) is 0.611. The minimum absolute atomic E-state index is 0.480. The van der Waals surface area contributed by atoms with Crippen LogP contribution in [-0.4, -0.2) is 29.0 Å². The first-order valence-corrected chi connectivity index (χ1v) is 4.82. The number of hydrogen-bond donors (Lipinski definition) is 3. The Morgan fingerprint density at radius 1 is 1.57 bits per heavy atom. The Morgan fingerprint density at radius 2 is 2.29 bits per heavy atom. The van der Waals surface area contributed by atoms with Crippen molar-refractivity contribution in [1.29, 1.82) is 0 Å². The number of nitrogens with zero attached hydrogens (tertiary/aromatic N) is 1. The third kappa shape index (κ3) is 1.66. The van der Waals surface area contributed by atoms with Gasteiger partial charge in [0.05, 0.1) is 17.8 Å². The minimum Gasteiger partial charge on any atom is -0.388 e. The van der Waals surface area contributed by atoms with Gasteiger partial charge in [-0.15, -0.1) is 0 Å². The maximum absolute atomic E-state index is 10.3. The molecule has 4 N–H and O–H groups in total. The average Bonchev–Trinajstić information content (AvgIpc) is 2.70. The van der Waals surface area contributed by atoms with Crippen molar-refractivity contribution in [3.63, 3.8) is 0 Å². The Balaban J connectivity index is 2.13. The molecule has 1 unspecified atom stereocenters. The zero-order chi connectivity index (χ0) is 10.0. The Morgan fingerprint density at radius 3 is 2.86 bits per heavy atom. The van der Waals surface area contributed by atoms with Crippen LogP contribution in [0.1, 0.15) is 24.6 Å². The molecule has 1 aromatic heterocycles. The van der Waals surface area contributed by atoms with E-state index in [-0.39, 0.29) is 0 Å². The highest BCUT2D eigenvalue weighted by atomic mass is 16.5. The molecule has 78 valence electrons. The largest absolute Gasteiger partial charge is 0.388 e. The Labute approximate surface area is 82.3 Å².